The number of aromatic nitrogens is 1. The number of Topliss-reactive ketones (excluding diaryl/α,β-unsaturated/α-hetero) is 1. The molecule has 0 spiro atoms. The molecule has 3 heterocycles. The van der Waals surface area contributed by atoms with Crippen molar-refractivity contribution in [3.8, 4) is 0 Å². The van der Waals surface area contributed by atoms with Crippen LogP contribution in [0.3, 0.4) is 0 Å². The number of benzene rings is 1. The van der Waals surface area contributed by atoms with Crippen molar-refractivity contribution in [2.45, 2.75) is 25.8 Å². The van der Waals surface area contributed by atoms with Crippen molar-refractivity contribution in [1.82, 2.24) is 25.0 Å². The molecular formula is C29H38N6O2S. The van der Waals surface area contributed by atoms with E-state index in [1.807, 2.05) is 39.9 Å². The normalized spacial score (nSPS) is 14.3. The molecular weight excluding hydrogens is 496 g/mol. The number of likely N-dealkylation sites (N-methyl/N-ethyl adjacent to an activating group) is 1. The number of nitrogens with zero attached hydrogens (tertiary/aromatic N) is 4. The fourth-order valence-corrected chi connectivity index (χ4v) is 5.27. The van der Waals surface area contributed by atoms with Crippen LogP contribution >= 0.6 is 11.3 Å². The highest BCUT2D eigenvalue weighted by molar-refractivity contribution is 7.08. The molecule has 0 unspecified atom stereocenters. The Balaban J connectivity index is 1.33. The molecule has 38 heavy (non-hydrogen) atoms. The van der Waals surface area contributed by atoms with E-state index in [1.165, 1.54) is 16.9 Å². The largest absolute Gasteiger partial charge is 0.398 e. The number of rotatable bonds is 12. The van der Waals surface area contributed by atoms with Crippen LogP contribution in [0.15, 0.2) is 59.4 Å². The molecule has 2 amide bonds. The Bertz CT molecular complexity index is 1160. The summed E-state index contributed by atoms with van der Waals surface area (Å²) in [7, 11) is 2.16. The number of hydrogen-bond donors (Lipinski definition) is 2. The van der Waals surface area contributed by atoms with E-state index in [-0.39, 0.29) is 18.2 Å². The molecule has 1 fully saturated rings. The Morgan fingerprint density at radius 3 is 2.53 bits per heavy atom. The molecule has 4 rings (SSSR count). The summed E-state index contributed by atoms with van der Waals surface area (Å²) in [6.45, 7) is 6.94. The zero-order chi connectivity index (χ0) is 26.7. The number of carbonyl (C=O) groups excluding carboxylic acids is 2. The molecule has 2 aromatic heterocycles. The summed E-state index contributed by atoms with van der Waals surface area (Å²) in [5, 5.41) is 6.82. The summed E-state index contributed by atoms with van der Waals surface area (Å²) < 4.78 is 0. The van der Waals surface area contributed by atoms with Gasteiger partial charge in [-0.3, -0.25) is 9.78 Å². The van der Waals surface area contributed by atoms with Crippen LogP contribution < -0.4 is 11.1 Å². The molecule has 3 aromatic rings. The number of hydrogen-bond acceptors (Lipinski definition) is 7. The maximum absolute atomic E-state index is 13.2. The van der Waals surface area contributed by atoms with Gasteiger partial charge in [0.05, 0.1) is 0 Å². The van der Waals surface area contributed by atoms with E-state index in [0.717, 1.165) is 56.7 Å². The average molecular weight is 535 g/mol. The molecule has 3 N–H and O–H groups in total. The first-order valence-electron chi connectivity index (χ1n) is 13.2. The molecule has 202 valence electrons. The molecule has 1 saturated heterocycles. The molecule has 1 aliphatic heterocycles. The maximum Gasteiger partial charge on any atom is 0.317 e. The van der Waals surface area contributed by atoms with Crippen molar-refractivity contribution >= 4 is 28.8 Å². The third-order valence-electron chi connectivity index (χ3n) is 6.93. The minimum Gasteiger partial charge on any atom is -0.398 e. The Hall–Kier alpha value is -3.27. The van der Waals surface area contributed by atoms with Crippen LogP contribution in [-0.2, 0) is 19.4 Å². The van der Waals surface area contributed by atoms with Crippen LogP contribution in [0, 0.1) is 0 Å². The number of nitrogens with two attached hydrogens (primary N) is 1. The smallest absolute Gasteiger partial charge is 0.317 e. The minimum atomic E-state index is -0.0765. The number of ketones is 1. The predicted octanol–water partition coefficient (Wildman–Crippen LogP) is 3.54. The summed E-state index contributed by atoms with van der Waals surface area (Å²) in [5.74, 6) is -0.0654. The lowest BCUT2D eigenvalue weighted by Crippen LogP contribution is -2.46. The molecule has 0 radical (unpaired) electrons. The number of urea groups is 1. The summed E-state index contributed by atoms with van der Waals surface area (Å²) in [6.07, 6.45) is 3.63. The van der Waals surface area contributed by atoms with Crippen LogP contribution in [0.2, 0.25) is 0 Å². The van der Waals surface area contributed by atoms with Gasteiger partial charge in [0.1, 0.15) is 5.69 Å². The van der Waals surface area contributed by atoms with E-state index in [2.05, 4.69) is 39.3 Å². The van der Waals surface area contributed by atoms with Gasteiger partial charge in [-0.25, -0.2) is 4.79 Å². The summed E-state index contributed by atoms with van der Waals surface area (Å²) in [5.41, 5.74) is 9.91. The van der Waals surface area contributed by atoms with E-state index < -0.39 is 0 Å². The summed E-state index contributed by atoms with van der Waals surface area (Å²) >= 11 is 1.49. The van der Waals surface area contributed by atoms with Crippen molar-refractivity contribution in [3.05, 3.63) is 81.8 Å². The zero-order valence-electron chi connectivity index (χ0n) is 22.1. The van der Waals surface area contributed by atoms with E-state index >= 15 is 0 Å². The number of nitrogens with one attached hydrogen (secondary N) is 1. The molecule has 0 aliphatic carbocycles. The monoisotopic (exact) mass is 534 g/mol. The fraction of sp³-hybridized carbons (Fsp3) is 0.414. The Labute approximate surface area is 229 Å². The molecule has 1 aromatic carbocycles. The first kappa shape index (κ1) is 27.8. The van der Waals surface area contributed by atoms with Gasteiger partial charge in [-0.15, -0.1) is 11.3 Å². The van der Waals surface area contributed by atoms with Crippen LogP contribution in [0.4, 0.5) is 10.5 Å². The highest BCUT2D eigenvalue weighted by atomic mass is 32.1. The fourth-order valence-electron chi connectivity index (χ4n) is 4.52. The summed E-state index contributed by atoms with van der Waals surface area (Å²) in [6, 6.07) is 13.7. The van der Waals surface area contributed by atoms with E-state index in [4.69, 9.17) is 5.73 Å². The van der Waals surface area contributed by atoms with Crippen LogP contribution in [-0.4, -0.2) is 84.4 Å². The van der Waals surface area contributed by atoms with Gasteiger partial charge >= 0.3 is 6.03 Å². The van der Waals surface area contributed by atoms with Crippen molar-refractivity contribution in [1.29, 1.82) is 0 Å². The van der Waals surface area contributed by atoms with Gasteiger partial charge in [0.2, 0.25) is 0 Å². The Morgan fingerprint density at radius 2 is 1.84 bits per heavy atom. The van der Waals surface area contributed by atoms with E-state index in [9.17, 15) is 9.59 Å². The van der Waals surface area contributed by atoms with E-state index in [1.54, 1.807) is 12.3 Å². The van der Waals surface area contributed by atoms with E-state index in [0.29, 0.717) is 31.0 Å². The van der Waals surface area contributed by atoms with Crippen molar-refractivity contribution in [3.63, 3.8) is 0 Å². The molecule has 0 bridgehead atoms. The molecule has 1 aliphatic rings. The van der Waals surface area contributed by atoms with Gasteiger partial charge in [0.25, 0.3) is 0 Å². The zero-order valence-corrected chi connectivity index (χ0v) is 23.0. The first-order chi connectivity index (χ1) is 18.5. The third-order valence-corrected chi connectivity index (χ3v) is 7.74. The number of carbonyl (C=O) groups is 2. The number of thiophene rings is 1. The quantitative estimate of drug-likeness (QED) is 0.345. The second-order valence-electron chi connectivity index (χ2n) is 9.89. The van der Waals surface area contributed by atoms with Crippen molar-refractivity contribution in [2.75, 3.05) is 58.6 Å². The second-order valence-corrected chi connectivity index (χ2v) is 10.6. The highest BCUT2D eigenvalue weighted by Gasteiger charge is 2.18. The topological polar surface area (TPSA) is 94.8 Å². The highest BCUT2D eigenvalue weighted by Crippen LogP contribution is 2.19. The molecule has 8 nitrogen and oxygen atoms in total. The lowest BCUT2D eigenvalue weighted by molar-refractivity contribution is 0.0988. The Morgan fingerprint density at radius 1 is 1.05 bits per heavy atom. The second kappa shape index (κ2) is 14.0. The number of anilines is 1. The first-order valence-corrected chi connectivity index (χ1v) is 14.2. The summed E-state index contributed by atoms with van der Waals surface area (Å²) in [4.78, 5) is 36.9. The van der Waals surface area contributed by atoms with Gasteiger partial charge in [0, 0.05) is 69.5 Å². The number of amides is 2. The number of piperazine rings is 1. The van der Waals surface area contributed by atoms with Crippen molar-refractivity contribution < 1.29 is 9.59 Å². The number of pyridine rings is 1. The van der Waals surface area contributed by atoms with Crippen LogP contribution in [0.25, 0.3) is 0 Å². The third kappa shape index (κ3) is 8.37. The van der Waals surface area contributed by atoms with Gasteiger partial charge in [-0.1, -0.05) is 36.4 Å². The van der Waals surface area contributed by atoms with Crippen LogP contribution in [0.5, 0.6) is 0 Å². The Kier molecular flexibility index (Phi) is 10.3. The molecule has 0 atom stereocenters. The predicted molar refractivity (Wildman–Crippen MR) is 154 cm³/mol. The van der Waals surface area contributed by atoms with Crippen molar-refractivity contribution in [2.24, 2.45) is 0 Å². The standard InChI is InChI=1S/C29H38N6O2S/c1-33-14-16-34(17-15-33)12-5-13-35(29(37)31-11-10-23-6-3-2-4-7-23)20-24-8-9-27(32-19-24)28(36)18-25-21-38-22-26(25)30/h2-4,6-9,19,21-22H,5,10-18,20,30H2,1H3,(H,31,37). The average Bonchev–Trinajstić information content (AvgIpc) is 3.34. The molecule has 9 heteroatoms. The van der Waals surface area contributed by atoms with Gasteiger partial charge in [-0.2, -0.15) is 0 Å². The van der Waals surface area contributed by atoms with Crippen LogP contribution in [0.1, 0.15) is 33.6 Å². The lowest BCUT2D eigenvalue weighted by Gasteiger charge is -2.33. The lowest BCUT2D eigenvalue weighted by atomic mass is 10.1. The number of nitrogen functional groups attached to an aromatic ring is 1. The van der Waals surface area contributed by atoms with Gasteiger partial charge in [-0.05, 0) is 54.6 Å². The SMILES string of the molecule is CN1CCN(CCCN(Cc2ccc(C(=O)Cc3cscc3N)nc2)C(=O)NCCc2ccccc2)CC1. The maximum atomic E-state index is 13.2. The van der Waals surface area contributed by atoms with Gasteiger partial charge < -0.3 is 25.8 Å². The molecule has 0 saturated carbocycles. The minimum absolute atomic E-state index is 0.0654. The van der Waals surface area contributed by atoms with Gasteiger partial charge in [0.15, 0.2) is 5.78 Å².